The van der Waals surface area contributed by atoms with Crippen molar-refractivity contribution in [3.8, 4) is 0 Å². The summed E-state index contributed by atoms with van der Waals surface area (Å²) >= 11 is 0. The molecule has 30 heavy (non-hydrogen) atoms. The molecule has 0 saturated carbocycles. The molecule has 7 nitrogen and oxygen atoms in total. The van der Waals surface area contributed by atoms with Gasteiger partial charge in [0.25, 0.3) is 5.91 Å². The van der Waals surface area contributed by atoms with Crippen LogP contribution in [0.2, 0.25) is 0 Å². The van der Waals surface area contributed by atoms with E-state index < -0.39 is 24.7 Å². The Morgan fingerprint density at radius 1 is 1.23 bits per heavy atom. The zero-order chi connectivity index (χ0) is 20.3. The number of piperazine rings is 1. The number of rotatable bonds is 6. The lowest BCUT2D eigenvalue weighted by molar-refractivity contribution is -0.183. The maximum absolute atomic E-state index is 13.4. The topological polar surface area (TPSA) is 75.1 Å². The molecular formula is C18H27Cl2F3N6O. The van der Waals surface area contributed by atoms with Crippen molar-refractivity contribution in [3.63, 3.8) is 0 Å². The van der Waals surface area contributed by atoms with Gasteiger partial charge in [0.1, 0.15) is 6.04 Å². The number of hydrogen-bond acceptors (Lipinski definition) is 5. The van der Waals surface area contributed by atoms with Crippen molar-refractivity contribution in [1.29, 1.82) is 0 Å². The number of halogens is 5. The number of carbonyl (C=O) groups is 1. The lowest BCUT2D eigenvalue weighted by Crippen LogP contribution is -2.57. The van der Waals surface area contributed by atoms with Crippen LogP contribution in [0.3, 0.4) is 0 Å². The minimum atomic E-state index is -4.41. The monoisotopic (exact) mass is 470 g/mol. The summed E-state index contributed by atoms with van der Waals surface area (Å²) in [5.41, 5.74) is 0.872. The molecule has 0 radical (unpaired) electrons. The molecule has 3 heterocycles. The van der Waals surface area contributed by atoms with Crippen molar-refractivity contribution >= 4 is 41.8 Å². The summed E-state index contributed by atoms with van der Waals surface area (Å²) in [5, 5.41) is 10.4. The lowest BCUT2D eigenvalue weighted by atomic mass is 10.2. The Morgan fingerprint density at radius 2 is 1.90 bits per heavy atom. The Labute approximate surface area is 185 Å². The second-order valence-corrected chi connectivity index (χ2v) is 7.41. The zero-order valence-corrected chi connectivity index (χ0v) is 18.4. The fourth-order valence-electron chi connectivity index (χ4n) is 3.31. The highest BCUT2D eigenvalue weighted by Gasteiger charge is 2.43. The Kier molecular flexibility index (Phi) is 9.80. The minimum absolute atomic E-state index is 0. The third-order valence-corrected chi connectivity index (χ3v) is 4.70. The van der Waals surface area contributed by atoms with Gasteiger partial charge in [0.2, 0.25) is 0 Å². The van der Waals surface area contributed by atoms with E-state index in [1.807, 2.05) is 0 Å². The number of amides is 1. The van der Waals surface area contributed by atoms with E-state index in [-0.39, 0.29) is 30.4 Å². The first-order valence-corrected chi connectivity index (χ1v) is 9.37. The third kappa shape index (κ3) is 6.44. The van der Waals surface area contributed by atoms with Gasteiger partial charge in [-0.15, -0.1) is 24.8 Å². The van der Waals surface area contributed by atoms with Gasteiger partial charge >= 0.3 is 6.18 Å². The number of nitrogens with one attached hydrogen (secondary N) is 2. The van der Waals surface area contributed by atoms with E-state index in [9.17, 15) is 18.0 Å². The highest BCUT2D eigenvalue weighted by molar-refractivity contribution is 5.96. The highest BCUT2D eigenvalue weighted by atomic mass is 35.5. The Balaban J connectivity index is 0.00000225. The number of fused-ring (bicyclic) bond motifs is 1. The molecule has 1 aliphatic rings. The van der Waals surface area contributed by atoms with Gasteiger partial charge in [0.05, 0.1) is 11.8 Å². The van der Waals surface area contributed by atoms with E-state index in [4.69, 9.17) is 0 Å². The van der Waals surface area contributed by atoms with Gasteiger partial charge < -0.3 is 10.6 Å². The van der Waals surface area contributed by atoms with Crippen molar-refractivity contribution < 1.29 is 18.0 Å². The first-order chi connectivity index (χ1) is 13.3. The molecule has 3 rings (SSSR count). The lowest BCUT2D eigenvalue weighted by Gasteiger charge is -2.35. The molecule has 1 unspecified atom stereocenters. The van der Waals surface area contributed by atoms with Gasteiger partial charge in [-0.1, -0.05) is 13.8 Å². The number of alkyl halides is 3. The molecule has 2 N–H and O–H groups in total. The molecule has 1 saturated heterocycles. The maximum atomic E-state index is 13.4. The number of pyridine rings is 1. The van der Waals surface area contributed by atoms with Crippen LogP contribution in [0.5, 0.6) is 0 Å². The summed E-state index contributed by atoms with van der Waals surface area (Å²) in [7, 11) is 0. The normalized spacial score (nSPS) is 16.1. The van der Waals surface area contributed by atoms with Gasteiger partial charge in [0, 0.05) is 50.9 Å². The second-order valence-electron chi connectivity index (χ2n) is 7.41. The summed E-state index contributed by atoms with van der Waals surface area (Å²) in [6.45, 7) is 5.91. The van der Waals surface area contributed by atoms with E-state index in [0.29, 0.717) is 49.7 Å². The van der Waals surface area contributed by atoms with Crippen LogP contribution >= 0.6 is 24.8 Å². The molecule has 0 spiro atoms. The van der Waals surface area contributed by atoms with Crippen LogP contribution in [0, 0.1) is 5.92 Å². The average molecular weight is 471 g/mol. The molecular weight excluding hydrogens is 444 g/mol. The molecule has 170 valence electrons. The van der Waals surface area contributed by atoms with Crippen LogP contribution in [-0.2, 0) is 6.54 Å². The van der Waals surface area contributed by atoms with E-state index in [1.165, 1.54) is 11.1 Å². The van der Waals surface area contributed by atoms with Crippen molar-refractivity contribution in [1.82, 2.24) is 30.3 Å². The van der Waals surface area contributed by atoms with Crippen molar-refractivity contribution in [2.75, 3.05) is 32.7 Å². The largest absolute Gasteiger partial charge is 0.405 e. The smallest absolute Gasteiger partial charge is 0.350 e. The summed E-state index contributed by atoms with van der Waals surface area (Å²) in [6.07, 6.45) is -1.42. The quantitative estimate of drug-likeness (QED) is 0.678. The molecule has 1 fully saturated rings. The van der Waals surface area contributed by atoms with Crippen LogP contribution in [0.15, 0.2) is 18.5 Å². The number of aromatic nitrogens is 3. The molecule has 1 atom stereocenters. The SMILES string of the molecule is CC(C)Cn1ncc2cc(C(=O)NCC(N3CCNCC3)C(F)(F)F)cnc21.Cl.Cl. The van der Waals surface area contributed by atoms with E-state index in [2.05, 4.69) is 34.6 Å². The molecule has 1 amide bonds. The van der Waals surface area contributed by atoms with Crippen LogP contribution in [0.1, 0.15) is 24.2 Å². The predicted octanol–water partition coefficient (Wildman–Crippen LogP) is 2.50. The van der Waals surface area contributed by atoms with Crippen molar-refractivity contribution in [2.24, 2.45) is 5.92 Å². The number of nitrogens with zero attached hydrogens (tertiary/aromatic N) is 4. The van der Waals surface area contributed by atoms with E-state index >= 15 is 0 Å². The Morgan fingerprint density at radius 3 is 2.50 bits per heavy atom. The Bertz CT molecular complexity index is 824. The van der Waals surface area contributed by atoms with E-state index in [0.717, 1.165) is 0 Å². The van der Waals surface area contributed by atoms with Gasteiger partial charge in [-0.25, -0.2) is 9.67 Å². The third-order valence-electron chi connectivity index (χ3n) is 4.70. The van der Waals surface area contributed by atoms with Gasteiger partial charge in [-0.3, -0.25) is 9.69 Å². The molecule has 0 aromatic carbocycles. The van der Waals surface area contributed by atoms with Gasteiger partial charge in [0.15, 0.2) is 5.65 Å². The summed E-state index contributed by atoms with van der Waals surface area (Å²) < 4.78 is 42.1. The average Bonchev–Trinajstić information content (AvgIpc) is 3.03. The minimum Gasteiger partial charge on any atom is -0.350 e. The van der Waals surface area contributed by atoms with Crippen molar-refractivity contribution in [2.45, 2.75) is 32.6 Å². The van der Waals surface area contributed by atoms with Gasteiger partial charge in [-0.2, -0.15) is 18.3 Å². The molecule has 12 heteroatoms. The fraction of sp³-hybridized carbons (Fsp3) is 0.611. The van der Waals surface area contributed by atoms with Crippen molar-refractivity contribution in [3.05, 3.63) is 24.0 Å². The second kappa shape index (κ2) is 11.1. The number of hydrogen-bond donors (Lipinski definition) is 2. The summed E-state index contributed by atoms with van der Waals surface area (Å²) in [6, 6.07) is -0.0985. The fourth-order valence-corrected chi connectivity index (χ4v) is 3.31. The summed E-state index contributed by atoms with van der Waals surface area (Å²) in [4.78, 5) is 18.0. The maximum Gasteiger partial charge on any atom is 0.405 e. The highest BCUT2D eigenvalue weighted by Crippen LogP contribution is 2.25. The molecule has 2 aromatic rings. The van der Waals surface area contributed by atoms with Crippen LogP contribution in [0.25, 0.3) is 11.0 Å². The first kappa shape index (κ1) is 26.4. The first-order valence-electron chi connectivity index (χ1n) is 9.37. The van der Waals surface area contributed by atoms with Crippen LogP contribution in [0.4, 0.5) is 13.2 Å². The molecule has 2 aromatic heterocycles. The Hall–Kier alpha value is -1.62. The van der Waals surface area contributed by atoms with Gasteiger partial charge in [-0.05, 0) is 12.0 Å². The molecule has 0 aliphatic carbocycles. The van der Waals surface area contributed by atoms with Crippen LogP contribution < -0.4 is 10.6 Å². The van der Waals surface area contributed by atoms with Crippen LogP contribution in [-0.4, -0.2) is 70.5 Å². The summed E-state index contributed by atoms with van der Waals surface area (Å²) in [5.74, 6) is -0.187. The zero-order valence-electron chi connectivity index (χ0n) is 16.8. The number of carbonyl (C=O) groups excluding carboxylic acids is 1. The predicted molar refractivity (Wildman–Crippen MR) is 113 cm³/mol. The van der Waals surface area contributed by atoms with E-state index in [1.54, 1.807) is 16.9 Å². The molecule has 1 aliphatic heterocycles. The molecule has 0 bridgehead atoms. The standard InChI is InChI=1S/C18H25F3N6O.2ClH/c1-12(2)11-27-16-13(9-25-27)7-14(8-23-16)17(28)24-10-15(18(19,20)21)26-5-3-22-4-6-26;;/h7-9,12,15,22H,3-6,10-11H2,1-2H3,(H,24,28);2*1H.